The second kappa shape index (κ2) is 11.6. The highest BCUT2D eigenvalue weighted by molar-refractivity contribution is 8.17. The van der Waals surface area contributed by atoms with Crippen molar-refractivity contribution in [3.63, 3.8) is 0 Å². The molecule has 0 N–H and O–H groups in total. The van der Waals surface area contributed by atoms with Crippen molar-refractivity contribution in [3.8, 4) is 0 Å². The molecule has 1 aromatic rings. The Morgan fingerprint density at radius 3 is 2.19 bits per heavy atom. The average Bonchev–Trinajstić information content (AvgIpc) is 2.97. The first-order valence-electron chi connectivity index (χ1n) is 10.4. The van der Waals surface area contributed by atoms with Crippen molar-refractivity contribution < 1.29 is 4.79 Å². The van der Waals surface area contributed by atoms with E-state index in [1.165, 1.54) is 35.5 Å². The van der Waals surface area contributed by atoms with Crippen molar-refractivity contribution in [3.05, 3.63) is 29.3 Å². The third kappa shape index (κ3) is 5.83. The summed E-state index contributed by atoms with van der Waals surface area (Å²) in [7, 11) is 0. The van der Waals surface area contributed by atoms with E-state index in [2.05, 4.69) is 50.8 Å². The lowest BCUT2D eigenvalue weighted by atomic mass is 10.00. The molecule has 0 spiro atoms. The topological polar surface area (TPSA) is 20.3 Å². The van der Waals surface area contributed by atoms with Gasteiger partial charge in [-0.1, -0.05) is 45.4 Å². The smallest absolute Gasteiger partial charge is 0.245 e. The minimum Gasteiger partial charge on any atom is -0.306 e. The van der Waals surface area contributed by atoms with Crippen LogP contribution in [0.2, 0.25) is 0 Å². The van der Waals surface area contributed by atoms with Gasteiger partial charge < -0.3 is 4.90 Å². The van der Waals surface area contributed by atoms with Crippen molar-refractivity contribution >= 4 is 46.7 Å². The molecule has 1 aliphatic rings. The zero-order chi connectivity index (χ0) is 19.8. The van der Waals surface area contributed by atoms with E-state index < -0.39 is 5.38 Å². The number of hydrogen-bond donors (Lipinski definition) is 0. The number of benzene rings is 1. The molecule has 1 amide bonds. The number of hydrogen-bond acceptors (Lipinski definition) is 3. The standard InChI is InChI=1S/C22H34ClNOS2/c1-5-11-19(23)21(25)24(16(4)22-26-14-8-9-15-27-22)20-17(6-2)12-10-13-18(20)7-3/h10,12-13,16,19,22H,5-9,11,14-15H2,1-4H3. The summed E-state index contributed by atoms with van der Waals surface area (Å²) in [5.74, 6) is 2.44. The van der Waals surface area contributed by atoms with Crippen molar-refractivity contribution in [2.24, 2.45) is 0 Å². The maximum atomic E-state index is 13.5. The fourth-order valence-electron chi connectivity index (χ4n) is 3.62. The monoisotopic (exact) mass is 427 g/mol. The molecule has 1 aromatic carbocycles. The second-order valence-electron chi connectivity index (χ2n) is 7.15. The summed E-state index contributed by atoms with van der Waals surface area (Å²) in [6.07, 6.45) is 6.04. The van der Waals surface area contributed by atoms with Crippen molar-refractivity contribution in [1.82, 2.24) is 0 Å². The van der Waals surface area contributed by atoms with Crippen LogP contribution in [0.25, 0.3) is 0 Å². The average molecular weight is 428 g/mol. The molecule has 2 atom stereocenters. The van der Waals surface area contributed by atoms with Gasteiger partial charge >= 0.3 is 0 Å². The number of aryl methyl sites for hydroxylation is 2. The third-order valence-corrected chi connectivity index (χ3v) is 8.87. The molecule has 5 heteroatoms. The number of carbonyl (C=O) groups is 1. The van der Waals surface area contributed by atoms with Gasteiger partial charge in [0, 0.05) is 0 Å². The van der Waals surface area contributed by atoms with Crippen LogP contribution in [0, 0.1) is 0 Å². The van der Waals surface area contributed by atoms with E-state index in [-0.39, 0.29) is 11.9 Å². The summed E-state index contributed by atoms with van der Waals surface area (Å²) in [6.45, 7) is 8.65. The number of alkyl halides is 1. The van der Waals surface area contributed by atoms with Gasteiger partial charge in [-0.15, -0.1) is 35.1 Å². The van der Waals surface area contributed by atoms with E-state index in [1.54, 1.807) is 0 Å². The molecule has 1 fully saturated rings. The molecule has 152 valence electrons. The molecule has 1 aliphatic heterocycles. The summed E-state index contributed by atoms with van der Waals surface area (Å²) >= 11 is 10.6. The number of thioether (sulfide) groups is 2. The molecule has 1 saturated heterocycles. The van der Waals surface area contributed by atoms with Gasteiger partial charge in [-0.3, -0.25) is 4.79 Å². The number of anilines is 1. The van der Waals surface area contributed by atoms with Gasteiger partial charge in [0.15, 0.2) is 0 Å². The Balaban J connectivity index is 2.48. The molecular formula is C22H34ClNOS2. The van der Waals surface area contributed by atoms with Gasteiger partial charge in [0.1, 0.15) is 5.38 Å². The van der Waals surface area contributed by atoms with Crippen LogP contribution >= 0.6 is 35.1 Å². The fourth-order valence-corrected chi connectivity index (χ4v) is 6.91. The molecule has 1 heterocycles. The highest BCUT2D eigenvalue weighted by atomic mass is 35.5. The number of amides is 1. The first-order valence-corrected chi connectivity index (χ1v) is 12.9. The highest BCUT2D eigenvalue weighted by Gasteiger charge is 2.34. The lowest BCUT2D eigenvalue weighted by Gasteiger charge is -2.37. The van der Waals surface area contributed by atoms with E-state index in [0.29, 0.717) is 4.58 Å². The molecule has 2 rings (SSSR count). The largest absolute Gasteiger partial charge is 0.306 e. The Hall–Kier alpha value is -0.320. The molecule has 0 saturated carbocycles. The Morgan fingerprint density at radius 1 is 1.15 bits per heavy atom. The molecular weight excluding hydrogens is 394 g/mol. The van der Waals surface area contributed by atoms with Gasteiger partial charge in [0.05, 0.1) is 16.3 Å². The Bertz CT molecular complexity index is 580. The maximum absolute atomic E-state index is 13.5. The molecule has 0 aromatic heterocycles. The Labute approximate surface area is 179 Å². The fraction of sp³-hybridized carbons (Fsp3) is 0.682. The van der Waals surface area contributed by atoms with E-state index >= 15 is 0 Å². The number of para-hydroxylation sites is 1. The summed E-state index contributed by atoms with van der Waals surface area (Å²) in [4.78, 5) is 15.6. The summed E-state index contributed by atoms with van der Waals surface area (Å²) in [6, 6.07) is 6.57. The van der Waals surface area contributed by atoms with Gasteiger partial charge in [0.25, 0.3) is 0 Å². The normalized spacial score (nSPS) is 18.0. The van der Waals surface area contributed by atoms with Crippen LogP contribution in [0.3, 0.4) is 0 Å². The predicted octanol–water partition coefficient (Wildman–Crippen LogP) is 6.53. The number of halogens is 1. The van der Waals surface area contributed by atoms with Crippen molar-refractivity contribution in [1.29, 1.82) is 0 Å². The minimum atomic E-state index is -0.451. The van der Waals surface area contributed by atoms with Gasteiger partial charge in [-0.2, -0.15) is 0 Å². The van der Waals surface area contributed by atoms with Gasteiger partial charge in [-0.25, -0.2) is 0 Å². The summed E-state index contributed by atoms with van der Waals surface area (Å²) < 4.78 is 0.400. The Kier molecular flexibility index (Phi) is 9.89. The maximum Gasteiger partial charge on any atom is 0.245 e. The summed E-state index contributed by atoms with van der Waals surface area (Å²) in [5.41, 5.74) is 3.62. The zero-order valence-corrected chi connectivity index (χ0v) is 19.6. The van der Waals surface area contributed by atoms with Crippen molar-refractivity contribution in [2.45, 2.75) is 82.2 Å². The highest BCUT2D eigenvalue weighted by Crippen LogP contribution is 2.38. The van der Waals surface area contributed by atoms with Crippen molar-refractivity contribution in [2.75, 3.05) is 16.4 Å². The lowest BCUT2D eigenvalue weighted by molar-refractivity contribution is -0.118. The zero-order valence-electron chi connectivity index (χ0n) is 17.2. The third-order valence-electron chi connectivity index (χ3n) is 5.16. The molecule has 2 nitrogen and oxygen atoms in total. The summed E-state index contributed by atoms with van der Waals surface area (Å²) in [5, 5.41) is -0.451. The van der Waals surface area contributed by atoms with E-state index in [0.717, 1.165) is 31.4 Å². The predicted molar refractivity (Wildman–Crippen MR) is 125 cm³/mol. The van der Waals surface area contributed by atoms with Crippen LogP contribution in [0.5, 0.6) is 0 Å². The van der Waals surface area contributed by atoms with Crippen LogP contribution in [-0.2, 0) is 17.6 Å². The first kappa shape index (κ1) is 23.0. The number of nitrogens with zero attached hydrogens (tertiary/aromatic N) is 1. The van der Waals surface area contributed by atoms with Crippen LogP contribution < -0.4 is 4.90 Å². The van der Waals surface area contributed by atoms with Gasteiger partial charge in [0.2, 0.25) is 5.91 Å². The van der Waals surface area contributed by atoms with Gasteiger partial charge in [-0.05, 0) is 61.7 Å². The lowest BCUT2D eigenvalue weighted by Crippen LogP contribution is -2.47. The van der Waals surface area contributed by atoms with E-state index in [4.69, 9.17) is 11.6 Å². The second-order valence-corrected chi connectivity index (χ2v) is 10.5. The number of carbonyl (C=O) groups excluding carboxylic acids is 1. The van der Waals surface area contributed by atoms with E-state index in [9.17, 15) is 4.79 Å². The molecule has 2 unspecified atom stereocenters. The SMILES string of the molecule is CCCC(Cl)C(=O)N(c1c(CC)cccc1CC)C(C)C1SCCCCS1. The molecule has 0 aliphatic carbocycles. The van der Waals surface area contributed by atoms with Crippen LogP contribution in [0.1, 0.15) is 64.5 Å². The van der Waals surface area contributed by atoms with Crippen LogP contribution in [-0.4, -0.2) is 33.4 Å². The van der Waals surface area contributed by atoms with Crippen LogP contribution in [0.15, 0.2) is 18.2 Å². The Morgan fingerprint density at radius 2 is 1.70 bits per heavy atom. The molecule has 0 bridgehead atoms. The molecule has 0 radical (unpaired) electrons. The minimum absolute atomic E-state index is 0.0760. The number of rotatable bonds is 8. The first-order chi connectivity index (χ1) is 13.0. The van der Waals surface area contributed by atoms with Crippen LogP contribution in [0.4, 0.5) is 5.69 Å². The quantitative estimate of drug-likeness (QED) is 0.440. The van der Waals surface area contributed by atoms with E-state index in [1.807, 2.05) is 23.5 Å². The molecule has 27 heavy (non-hydrogen) atoms.